The first-order valence-corrected chi connectivity index (χ1v) is 4.89. The van der Waals surface area contributed by atoms with Gasteiger partial charge in [-0.3, -0.25) is 9.97 Å². The Morgan fingerprint density at radius 2 is 1.27 bits per heavy atom. The maximum atomic E-state index is 5.59. The monoisotopic (exact) mass is 210 g/mol. The van der Waals surface area contributed by atoms with E-state index in [9.17, 15) is 0 Å². The smallest absolute Gasteiger partial charge is 0.0773 e. The van der Waals surface area contributed by atoms with Crippen LogP contribution in [0.4, 0.5) is 0 Å². The molecule has 1 heterocycles. The zero-order chi connectivity index (χ0) is 11.3. The van der Waals surface area contributed by atoms with Crippen LogP contribution in [0.1, 0.15) is 22.8 Å². The van der Waals surface area contributed by atoms with Gasteiger partial charge in [-0.05, 0) is 7.05 Å². The van der Waals surface area contributed by atoms with Gasteiger partial charge in [0.1, 0.15) is 0 Å². The number of nitrogens with zero attached hydrogens (tertiary/aromatic N) is 2. The van der Waals surface area contributed by atoms with Gasteiger partial charge < -0.3 is 22.5 Å². The molecule has 84 valence electrons. The molecule has 0 radical (unpaired) electrons. The molecule has 6 nitrogen and oxygen atoms in total. The highest BCUT2D eigenvalue weighted by molar-refractivity contribution is 5.20. The molecule has 0 unspecified atom stereocenters. The minimum absolute atomic E-state index is 0.340. The summed E-state index contributed by atoms with van der Waals surface area (Å²) in [7, 11) is 1.85. The fourth-order valence-corrected chi connectivity index (χ4v) is 1.38. The summed E-state index contributed by atoms with van der Waals surface area (Å²) in [6.45, 7) is 1.69. The third kappa shape index (κ3) is 2.69. The van der Waals surface area contributed by atoms with Crippen molar-refractivity contribution in [2.75, 3.05) is 7.05 Å². The molecular weight excluding hydrogens is 192 g/mol. The Morgan fingerprint density at radius 1 is 0.867 bits per heavy atom. The molecule has 0 saturated heterocycles. The molecule has 0 aliphatic carbocycles. The molecule has 0 fully saturated rings. The lowest BCUT2D eigenvalue weighted by Crippen LogP contribution is -2.19. The molecule has 0 amide bonds. The van der Waals surface area contributed by atoms with Crippen LogP contribution in [0.25, 0.3) is 0 Å². The summed E-state index contributed by atoms with van der Waals surface area (Å²) in [5.41, 5.74) is 19.8. The molecule has 15 heavy (non-hydrogen) atoms. The summed E-state index contributed by atoms with van der Waals surface area (Å²) in [4.78, 5) is 8.78. The van der Waals surface area contributed by atoms with Gasteiger partial charge in [0.25, 0.3) is 0 Å². The minimum atomic E-state index is 0.340. The Hall–Kier alpha value is -1.08. The number of hydrogen-bond acceptors (Lipinski definition) is 6. The maximum Gasteiger partial charge on any atom is 0.0773 e. The van der Waals surface area contributed by atoms with Crippen molar-refractivity contribution < 1.29 is 0 Å². The molecule has 1 aromatic rings. The molecule has 1 rings (SSSR count). The summed E-state index contributed by atoms with van der Waals surface area (Å²) in [6.07, 6.45) is 0. The van der Waals surface area contributed by atoms with Crippen LogP contribution in [0.2, 0.25) is 0 Å². The van der Waals surface area contributed by atoms with Crippen molar-refractivity contribution in [3.05, 3.63) is 22.8 Å². The highest BCUT2D eigenvalue weighted by Gasteiger charge is 2.10. The van der Waals surface area contributed by atoms with Crippen LogP contribution in [0, 0.1) is 0 Å². The number of hydrogen-bond donors (Lipinski definition) is 4. The average Bonchev–Trinajstić information content (AvgIpc) is 2.28. The number of aromatic nitrogens is 2. The quantitative estimate of drug-likeness (QED) is 0.473. The Labute approximate surface area is 89.3 Å². The average molecular weight is 210 g/mol. The first kappa shape index (κ1) is 12.0. The van der Waals surface area contributed by atoms with Crippen molar-refractivity contribution in [2.45, 2.75) is 26.2 Å². The molecule has 1 aromatic heterocycles. The van der Waals surface area contributed by atoms with E-state index in [1.807, 2.05) is 7.05 Å². The summed E-state index contributed by atoms with van der Waals surface area (Å²) >= 11 is 0. The van der Waals surface area contributed by atoms with Gasteiger partial charge in [0, 0.05) is 26.2 Å². The van der Waals surface area contributed by atoms with E-state index >= 15 is 0 Å². The van der Waals surface area contributed by atoms with Gasteiger partial charge >= 0.3 is 0 Å². The second-order valence-corrected chi connectivity index (χ2v) is 3.15. The van der Waals surface area contributed by atoms with E-state index in [2.05, 4.69) is 15.3 Å². The van der Waals surface area contributed by atoms with Gasteiger partial charge in [-0.2, -0.15) is 0 Å². The highest BCUT2D eigenvalue weighted by Crippen LogP contribution is 2.08. The lowest BCUT2D eigenvalue weighted by molar-refractivity contribution is 0.727. The highest BCUT2D eigenvalue weighted by atomic mass is 14.9. The first-order chi connectivity index (χ1) is 7.26. The van der Waals surface area contributed by atoms with E-state index in [-0.39, 0.29) is 0 Å². The molecule has 0 aliphatic heterocycles. The van der Waals surface area contributed by atoms with Crippen LogP contribution < -0.4 is 22.5 Å². The Kier molecular flexibility index (Phi) is 4.57. The Bertz CT molecular complexity index is 325. The number of nitrogens with one attached hydrogen (secondary N) is 1. The summed E-state index contributed by atoms with van der Waals surface area (Å²) in [5.74, 6) is 0. The molecule has 0 aliphatic rings. The molecule has 0 atom stereocenters. The molecule has 6 heteroatoms. The minimum Gasteiger partial charge on any atom is -0.325 e. The zero-order valence-electron chi connectivity index (χ0n) is 8.95. The summed E-state index contributed by atoms with van der Waals surface area (Å²) < 4.78 is 0. The molecular formula is C9H18N6. The van der Waals surface area contributed by atoms with Gasteiger partial charge in [-0.15, -0.1) is 0 Å². The largest absolute Gasteiger partial charge is 0.325 e. The lowest BCUT2D eigenvalue weighted by atomic mass is 10.2. The summed E-state index contributed by atoms with van der Waals surface area (Å²) in [5, 5.41) is 3.02. The second-order valence-electron chi connectivity index (χ2n) is 3.15. The fourth-order valence-electron chi connectivity index (χ4n) is 1.38. The van der Waals surface area contributed by atoms with E-state index in [1.54, 1.807) is 0 Å². The van der Waals surface area contributed by atoms with Crippen molar-refractivity contribution >= 4 is 0 Å². The van der Waals surface area contributed by atoms with Crippen molar-refractivity contribution in [1.29, 1.82) is 0 Å². The van der Waals surface area contributed by atoms with Crippen LogP contribution in [0.15, 0.2) is 0 Å². The topological polar surface area (TPSA) is 116 Å². The standard InChI is InChI=1S/C9H18N6/c1-13-5-9-8(4-12)14-6(2-10)7(3-11)15-9/h13H,2-5,10-12H2,1H3. The van der Waals surface area contributed by atoms with Crippen LogP contribution in [0.3, 0.4) is 0 Å². The first-order valence-electron chi connectivity index (χ1n) is 4.89. The molecule has 0 aromatic carbocycles. The Morgan fingerprint density at radius 3 is 1.67 bits per heavy atom. The SMILES string of the molecule is CNCc1nc(CN)c(CN)nc1CN. The van der Waals surface area contributed by atoms with Gasteiger partial charge in [-0.1, -0.05) is 0 Å². The van der Waals surface area contributed by atoms with Crippen molar-refractivity contribution in [1.82, 2.24) is 15.3 Å². The van der Waals surface area contributed by atoms with Crippen LogP contribution >= 0.6 is 0 Å². The van der Waals surface area contributed by atoms with E-state index in [0.717, 1.165) is 22.8 Å². The third-order valence-electron chi connectivity index (χ3n) is 2.13. The van der Waals surface area contributed by atoms with Crippen LogP contribution in [0.5, 0.6) is 0 Å². The van der Waals surface area contributed by atoms with E-state index in [0.29, 0.717) is 26.2 Å². The van der Waals surface area contributed by atoms with Crippen molar-refractivity contribution in [2.24, 2.45) is 17.2 Å². The predicted molar refractivity (Wildman–Crippen MR) is 58.5 cm³/mol. The van der Waals surface area contributed by atoms with Gasteiger partial charge in [-0.25, -0.2) is 0 Å². The predicted octanol–water partition coefficient (Wildman–Crippen LogP) is -1.43. The lowest BCUT2D eigenvalue weighted by Gasteiger charge is -2.11. The fraction of sp³-hybridized carbons (Fsp3) is 0.556. The molecule has 0 spiro atoms. The van der Waals surface area contributed by atoms with E-state index in [1.165, 1.54) is 0 Å². The normalized spacial score (nSPS) is 10.7. The van der Waals surface area contributed by atoms with Crippen LogP contribution in [-0.2, 0) is 26.2 Å². The number of nitrogens with two attached hydrogens (primary N) is 3. The Balaban J connectivity index is 3.15. The number of rotatable bonds is 5. The van der Waals surface area contributed by atoms with Gasteiger partial charge in [0.15, 0.2) is 0 Å². The third-order valence-corrected chi connectivity index (χ3v) is 2.13. The maximum absolute atomic E-state index is 5.59. The van der Waals surface area contributed by atoms with Crippen LogP contribution in [-0.4, -0.2) is 17.0 Å². The molecule has 7 N–H and O–H groups in total. The molecule has 0 bridgehead atoms. The zero-order valence-corrected chi connectivity index (χ0v) is 8.95. The van der Waals surface area contributed by atoms with E-state index < -0.39 is 0 Å². The van der Waals surface area contributed by atoms with Crippen molar-refractivity contribution in [3.63, 3.8) is 0 Å². The summed E-state index contributed by atoms with van der Waals surface area (Å²) in [6, 6.07) is 0. The van der Waals surface area contributed by atoms with Crippen molar-refractivity contribution in [3.8, 4) is 0 Å². The van der Waals surface area contributed by atoms with E-state index in [4.69, 9.17) is 17.2 Å². The van der Waals surface area contributed by atoms with Gasteiger partial charge in [0.05, 0.1) is 22.8 Å². The molecule has 0 saturated carbocycles. The van der Waals surface area contributed by atoms with Gasteiger partial charge in [0.2, 0.25) is 0 Å². The second kappa shape index (κ2) is 5.72.